The molecule has 74 heavy (non-hydrogen) atoms. The molecule has 0 radical (unpaired) electrons. The minimum Gasteiger partial charge on any atom is -0.452 e. The largest absolute Gasteiger partial charge is 0.481 e. The van der Waals surface area contributed by atoms with Gasteiger partial charge in [0, 0.05) is 62.7 Å². The molecule has 1 aromatic heterocycles. The van der Waals surface area contributed by atoms with Gasteiger partial charge in [-0.1, -0.05) is 77.5 Å². The summed E-state index contributed by atoms with van der Waals surface area (Å²) < 4.78 is 65.1. The fraction of sp³-hybridized carbons (Fsp3) is 0.700. The number of rotatable bonds is 29. The number of phosphoric ester groups is 1. The van der Waals surface area contributed by atoms with Gasteiger partial charge in [0.2, 0.25) is 0 Å². The minimum absolute atomic E-state index is 0.106. The molecule has 424 valence electrons. The lowest BCUT2D eigenvalue weighted by Crippen LogP contribution is -2.69. The SMILES string of the molecule is [CH2-][NH2+]\C=C(C)/C=C/C=C(C)/C(C)=C/[C@@H](C)[C@@H](O)[C@@H](C)[C@@H](O)C[C@H](OC)[C@H]1OC2(C[C@@H](O)[C@H](C)[C@H](C/C=C/c3coc([C@@H](C)CCNC(=O)[C@@H](O)[C@@H](O)[C@H](COC)N(C)C)n3)O2)C(C)(C)[C@H]1OP(=O)(O)OP(=O)(O)O. The number of aliphatic hydroxyl groups is 5. The van der Waals surface area contributed by atoms with Gasteiger partial charge < -0.3 is 79.1 Å². The summed E-state index contributed by atoms with van der Waals surface area (Å²) in [5.41, 5.74) is 1.88. The number of methoxy groups -OCH3 is 2. The number of nitrogens with one attached hydrogen (secondary N) is 1. The van der Waals surface area contributed by atoms with Gasteiger partial charge in [-0.3, -0.25) is 9.32 Å². The van der Waals surface area contributed by atoms with Crippen molar-refractivity contribution in [1.82, 2.24) is 15.2 Å². The summed E-state index contributed by atoms with van der Waals surface area (Å²) >= 11 is 0. The molecular formula is C50H86N4O18P2. The number of nitrogens with zero attached hydrogens (tertiary/aromatic N) is 2. The van der Waals surface area contributed by atoms with Crippen LogP contribution >= 0.6 is 15.6 Å². The van der Waals surface area contributed by atoms with Gasteiger partial charge in [0.25, 0.3) is 5.91 Å². The van der Waals surface area contributed by atoms with Gasteiger partial charge >= 0.3 is 15.6 Å². The first-order valence-corrected chi connectivity index (χ1v) is 27.8. The summed E-state index contributed by atoms with van der Waals surface area (Å²) in [4.78, 5) is 48.6. The number of oxazole rings is 1. The Balaban J connectivity index is 1.82. The van der Waals surface area contributed by atoms with Crippen LogP contribution in [0.25, 0.3) is 6.08 Å². The molecule has 2 aliphatic rings. The van der Waals surface area contributed by atoms with E-state index in [1.54, 1.807) is 64.2 Å². The van der Waals surface area contributed by atoms with Crippen molar-refractivity contribution in [3.8, 4) is 0 Å². The van der Waals surface area contributed by atoms with Gasteiger partial charge in [0.15, 0.2) is 17.8 Å². The van der Waals surface area contributed by atoms with Crippen molar-refractivity contribution in [3.63, 3.8) is 0 Å². The van der Waals surface area contributed by atoms with Gasteiger partial charge in [-0.25, -0.2) is 14.1 Å². The van der Waals surface area contributed by atoms with Crippen LogP contribution in [-0.2, 0) is 41.7 Å². The summed E-state index contributed by atoms with van der Waals surface area (Å²) in [7, 11) is -1.25. The van der Waals surface area contributed by atoms with Crippen LogP contribution in [0, 0.1) is 30.2 Å². The molecule has 0 aromatic carbocycles. The zero-order valence-electron chi connectivity index (χ0n) is 45.2. The summed E-state index contributed by atoms with van der Waals surface area (Å²) in [6.45, 7) is 16.4. The van der Waals surface area contributed by atoms with Crippen molar-refractivity contribution in [2.45, 2.75) is 161 Å². The molecule has 3 rings (SSSR count). The highest BCUT2D eigenvalue weighted by Gasteiger charge is 2.68. The van der Waals surface area contributed by atoms with E-state index in [4.69, 9.17) is 27.9 Å². The smallest absolute Gasteiger partial charge is 0.452 e. The van der Waals surface area contributed by atoms with Crippen LogP contribution < -0.4 is 10.6 Å². The van der Waals surface area contributed by atoms with Crippen molar-refractivity contribution in [3.05, 3.63) is 78.2 Å². The molecule has 1 spiro atoms. The Morgan fingerprint density at radius 2 is 1.72 bits per heavy atom. The molecule has 2 aliphatic heterocycles. The van der Waals surface area contributed by atoms with E-state index in [0.717, 1.165) is 16.7 Å². The number of likely N-dealkylation sites (N-methyl/N-ethyl adjacent to an activating group) is 1. The highest BCUT2D eigenvalue weighted by atomic mass is 31.3. The summed E-state index contributed by atoms with van der Waals surface area (Å²) in [5, 5.41) is 60.2. The zero-order valence-corrected chi connectivity index (χ0v) is 47.0. The van der Waals surface area contributed by atoms with Crippen molar-refractivity contribution >= 4 is 27.6 Å². The Kier molecular flexibility index (Phi) is 25.4. The summed E-state index contributed by atoms with van der Waals surface area (Å²) in [5.74, 6) is -4.05. The number of quaternary nitrogens is 1. The van der Waals surface area contributed by atoms with E-state index in [0.29, 0.717) is 18.0 Å². The predicted molar refractivity (Wildman–Crippen MR) is 275 cm³/mol. The molecule has 22 nitrogen and oxygen atoms in total. The Morgan fingerprint density at radius 1 is 1.05 bits per heavy atom. The van der Waals surface area contributed by atoms with Gasteiger partial charge in [-0.15, -0.1) is 7.05 Å². The number of allylic oxidation sites excluding steroid dienone is 6. The second-order valence-corrected chi connectivity index (χ2v) is 23.3. The molecule has 1 amide bonds. The first-order chi connectivity index (χ1) is 34.3. The lowest BCUT2D eigenvalue weighted by Gasteiger charge is -2.50. The van der Waals surface area contributed by atoms with Crippen LogP contribution in [-0.4, -0.2) is 164 Å². The van der Waals surface area contributed by atoms with Gasteiger partial charge in [-0.2, -0.15) is 4.31 Å². The average Bonchev–Trinajstić information content (AvgIpc) is 3.86. The van der Waals surface area contributed by atoms with Crippen LogP contribution in [0.15, 0.2) is 64.0 Å². The van der Waals surface area contributed by atoms with Crippen LogP contribution in [0.3, 0.4) is 0 Å². The third-order valence-electron chi connectivity index (χ3n) is 14.3. The monoisotopic (exact) mass is 1090 g/mol. The number of nitrogens with two attached hydrogens (primary N) is 1. The van der Waals surface area contributed by atoms with E-state index in [-0.39, 0.29) is 38.3 Å². The third kappa shape index (κ3) is 18.1. The highest BCUT2D eigenvalue weighted by molar-refractivity contribution is 7.60. The fourth-order valence-corrected chi connectivity index (χ4v) is 11.1. The van der Waals surface area contributed by atoms with Crippen LogP contribution in [0.5, 0.6) is 0 Å². The number of carbonyl (C=O) groups excluding carboxylic acids is 1. The molecule has 11 N–H and O–H groups in total. The van der Waals surface area contributed by atoms with E-state index in [2.05, 4.69) is 21.7 Å². The molecule has 24 heteroatoms. The molecule has 0 bridgehead atoms. The second-order valence-electron chi connectivity index (χ2n) is 20.6. The van der Waals surface area contributed by atoms with Crippen LogP contribution in [0.2, 0.25) is 0 Å². The second kappa shape index (κ2) is 28.7. The molecular weight excluding hydrogens is 1010 g/mol. The van der Waals surface area contributed by atoms with E-state index in [1.165, 1.54) is 20.5 Å². The van der Waals surface area contributed by atoms with Crippen molar-refractivity contribution in [1.29, 1.82) is 0 Å². The summed E-state index contributed by atoms with van der Waals surface area (Å²) in [6, 6.07) is -0.611. The number of carbonyl (C=O) groups is 1. The van der Waals surface area contributed by atoms with Crippen molar-refractivity contribution < 1.29 is 91.7 Å². The predicted octanol–water partition coefficient (Wildman–Crippen LogP) is 3.59. The van der Waals surface area contributed by atoms with Gasteiger partial charge in [0.05, 0.1) is 49.4 Å². The maximum Gasteiger partial charge on any atom is 0.481 e. The van der Waals surface area contributed by atoms with E-state index < -0.39 is 111 Å². The Labute approximate surface area is 436 Å². The number of hydrogen-bond acceptors (Lipinski definition) is 17. The maximum atomic E-state index is 13.3. The first-order valence-electron chi connectivity index (χ1n) is 24.8. The molecule has 0 aliphatic carbocycles. The lowest BCUT2D eigenvalue weighted by atomic mass is 9.72. The van der Waals surface area contributed by atoms with Crippen molar-refractivity contribution in [2.75, 3.05) is 41.5 Å². The van der Waals surface area contributed by atoms with Crippen LogP contribution in [0.4, 0.5) is 0 Å². The van der Waals surface area contributed by atoms with Crippen LogP contribution in [0.1, 0.15) is 105 Å². The lowest BCUT2D eigenvalue weighted by molar-refractivity contribution is -0.522. The highest BCUT2D eigenvalue weighted by Crippen LogP contribution is 2.63. The number of amides is 1. The Morgan fingerprint density at radius 3 is 2.31 bits per heavy atom. The maximum absolute atomic E-state index is 13.3. The quantitative estimate of drug-likeness (QED) is 0.0311. The summed E-state index contributed by atoms with van der Waals surface area (Å²) in [6.07, 6.45) is 3.44. The molecule has 16 atom stereocenters. The third-order valence-corrected chi connectivity index (χ3v) is 16.5. The minimum atomic E-state index is -5.58. The Hall–Kier alpha value is -2.80. The standard InChI is InChI=1S/C50H86N4O18P2/c1-29(26-51-10)17-15-18-30(2)32(4)23-33(5)42(57)35(7)38(55)24-41(67-14)45-46(71-74(64,65)72-73(61,62)63)49(8,9)50(70-45)25-39(56)34(6)40(69-50)20-16-19-36-27-68-48(53-36)31(3)21-22-52-47(60)44(59)43(58)37(28-66-13)54(11)12/h15-19,23,26-27,31,33-35,37-46,55-59H,10,20-22,24-25,28,51H2,1-9,11-14H3,(H,52,60)(H,64,65)(H2,61,62,63)/b17-15+,19-16+,29-26-,30-18+,32-23+/t31-,33+,34-,35-,37-,38-,39+,40-,41-,42+,43-,44-,45+,46-,50?/m0/s1. The molecule has 2 unspecified atom stereocenters. The Bertz CT molecular complexity index is 2200. The van der Waals surface area contributed by atoms with Gasteiger partial charge in [-0.05, 0) is 64.9 Å². The molecule has 1 aromatic rings. The molecule has 3 heterocycles. The topological polar surface area (TPSA) is 326 Å². The zero-order chi connectivity index (χ0) is 56.1. The fourth-order valence-electron chi connectivity index (χ4n) is 9.20. The number of aromatic nitrogens is 1. The normalized spacial score (nSPS) is 27.8. The molecule has 0 saturated carbocycles. The first kappa shape index (κ1) is 65.5. The number of aliphatic hydroxyl groups excluding tert-OH is 5. The number of phosphoric acid groups is 2. The molecule has 2 fully saturated rings. The average molecular weight is 1090 g/mol. The molecule has 2 saturated heterocycles. The van der Waals surface area contributed by atoms with E-state index in [9.17, 15) is 54.1 Å². The number of hydrogen-bond donors (Lipinski definition) is 10. The van der Waals surface area contributed by atoms with E-state index >= 15 is 0 Å². The number of ether oxygens (including phenoxy) is 4. The van der Waals surface area contributed by atoms with Crippen molar-refractivity contribution in [2.24, 2.45) is 23.2 Å². The van der Waals surface area contributed by atoms with Gasteiger partial charge in [0.1, 0.15) is 30.3 Å². The van der Waals surface area contributed by atoms with E-state index in [1.807, 2.05) is 65.1 Å².